The van der Waals surface area contributed by atoms with Crippen molar-refractivity contribution < 1.29 is 9.59 Å². The van der Waals surface area contributed by atoms with E-state index in [1.165, 1.54) is 0 Å². The monoisotopic (exact) mass is 263 g/mol. The van der Waals surface area contributed by atoms with E-state index in [-0.39, 0.29) is 5.91 Å². The number of nitrogens with zero attached hydrogens (tertiary/aromatic N) is 2. The van der Waals surface area contributed by atoms with Gasteiger partial charge in [-0.15, -0.1) is 0 Å². The summed E-state index contributed by atoms with van der Waals surface area (Å²) in [6.07, 6.45) is 1.16. The van der Waals surface area contributed by atoms with Crippen LogP contribution in [0.15, 0.2) is 0 Å². The molecule has 1 aromatic heterocycles. The predicted molar refractivity (Wildman–Crippen MR) is 73.4 cm³/mol. The van der Waals surface area contributed by atoms with Crippen LogP contribution >= 0.6 is 0 Å². The van der Waals surface area contributed by atoms with Crippen LogP contribution in [0.1, 0.15) is 27.3 Å². The summed E-state index contributed by atoms with van der Waals surface area (Å²) in [6.45, 7) is 7.27. The minimum Gasteiger partial charge on any atom is -0.355 e. The number of carbonyl (C=O) groups excluding carboxylic acids is 2. The molecule has 104 valence electrons. The molecule has 5 heteroatoms. The molecule has 0 aliphatic carbocycles. The summed E-state index contributed by atoms with van der Waals surface area (Å²) < 4.78 is 0. The molecule has 1 N–H and O–H groups in total. The van der Waals surface area contributed by atoms with E-state index in [4.69, 9.17) is 0 Å². The molecule has 0 spiro atoms. The Hall–Kier alpha value is -1.62. The second kappa shape index (κ2) is 5.57. The van der Waals surface area contributed by atoms with Gasteiger partial charge in [0, 0.05) is 31.9 Å². The number of nitrogens with one attached hydrogen (secondary N) is 1. The molecule has 2 heterocycles. The zero-order chi connectivity index (χ0) is 14.0. The third-order valence-electron chi connectivity index (χ3n) is 4.01. The zero-order valence-corrected chi connectivity index (χ0v) is 11.8. The molecular weight excluding hydrogens is 242 g/mol. The predicted octanol–water partition coefficient (Wildman–Crippen LogP) is 0.761. The third-order valence-corrected chi connectivity index (χ3v) is 4.01. The molecule has 0 unspecified atom stereocenters. The number of hydrogen-bond donors (Lipinski definition) is 1. The molecule has 1 aliphatic heterocycles. The number of piperazine rings is 1. The van der Waals surface area contributed by atoms with Gasteiger partial charge in [0.1, 0.15) is 0 Å². The summed E-state index contributed by atoms with van der Waals surface area (Å²) in [5, 5.41) is 0. The minimum absolute atomic E-state index is 0.134. The molecular formula is C14H21N3O2. The van der Waals surface area contributed by atoms with Crippen LogP contribution in [0.4, 0.5) is 0 Å². The lowest BCUT2D eigenvalue weighted by molar-refractivity contribution is -0.132. The Bertz CT molecular complexity index is 485. The number of likely N-dealkylation sites (N-methyl/N-ethyl adjacent to an activating group) is 1. The van der Waals surface area contributed by atoms with Crippen LogP contribution in [0.25, 0.3) is 0 Å². The van der Waals surface area contributed by atoms with E-state index in [2.05, 4.69) is 16.9 Å². The number of aldehydes is 1. The Labute approximate surface area is 113 Å². The van der Waals surface area contributed by atoms with Crippen LogP contribution < -0.4 is 0 Å². The van der Waals surface area contributed by atoms with Gasteiger partial charge in [-0.25, -0.2) is 0 Å². The number of hydrogen-bond acceptors (Lipinski definition) is 3. The zero-order valence-electron chi connectivity index (χ0n) is 11.8. The molecule has 0 atom stereocenters. The molecule has 2 rings (SSSR count). The summed E-state index contributed by atoms with van der Waals surface area (Å²) in [4.78, 5) is 30.3. The van der Waals surface area contributed by atoms with Gasteiger partial charge < -0.3 is 14.8 Å². The average molecular weight is 263 g/mol. The Balaban J connectivity index is 2.05. The largest absolute Gasteiger partial charge is 0.355 e. The van der Waals surface area contributed by atoms with Crippen LogP contribution in [-0.4, -0.2) is 60.2 Å². The molecule has 0 radical (unpaired) electrons. The molecule has 19 heavy (non-hydrogen) atoms. The molecule has 0 bridgehead atoms. The quantitative estimate of drug-likeness (QED) is 0.819. The average Bonchev–Trinajstić information content (AvgIpc) is 2.67. The van der Waals surface area contributed by atoms with Gasteiger partial charge in [-0.2, -0.15) is 0 Å². The molecule has 1 fully saturated rings. The van der Waals surface area contributed by atoms with E-state index in [9.17, 15) is 9.59 Å². The minimum atomic E-state index is 0.134. The third kappa shape index (κ3) is 2.87. The van der Waals surface area contributed by atoms with Crippen molar-refractivity contribution in [2.24, 2.45) is 0 Å². The van der Waals surface area contributed by atoms with E-state index in [1.54, 1.807) is 0 Å². The van der Waals surface area contributed by atoms with Crippen LogP contribution in [0, 0.1) is 13.8 Å². The van der Waals surface area contributed by atoms with E-state index >= 15 is 0 Å². The highest BCUT2D eigenvalue weighted by Gasteiger charge is 2.21. The lowest BCUT2D eigenvalue weighted by atomic mass is 10.1. The van der Waals surface area contributed by atoms with E-state index in [0.29, 0.717) is 12.1 Å². The van der Waals surface area contributed by atoms with E-state index in [0.717, 1.165) is 49.3 Å². The fourth-order valence-corrected chi connectivity index (χ4v) is 2.39. The summed E-state index contributed by atoms with van der Waals surface area (Å²) >= 11 is 0. The molecule has 1 aromatic rings. The van der Waals surface area contributed by atoms with Crippen molar-refractivity contribution in [1.82, 2.24) is 14.8 Å². The van der Waals surface area contributed by atoms with Gasteiger partial charge in [-0.1, -0.05) is 0 Å². The smallest absolute Gasteiger partial charge is 0.228 e. The van der Waals surface area contributed by atoms with Gasteiger partial charge in [0.05, 0.1) is 12.1 Å². The molecule has 0 saturated carbocycles. The van der Waals surface area contributed by atoms with Crippen molar-refractivity contribution in [2.45, 2.75) is 20.3 Å². The normalized spacial score (nSPS) is 16.7. The topological polar surface area (TPSA) is 56.4 Å². The van der Waals surface area contributed by atoms with E-state index < -0.39 is 0 Å². The lowest BCUT2D eigenvalue weighted by Gasteiger charge is -2.32. The van der Waals surface area contributed by atoms with Crippen molar-refractivity contribution in [2.75, 3.05) is 33.2 Å². The summed E-state index contributed by atoms with van der Waals surface area (Å²) in [5.74, 6) is 0.134. The maximum atomic E-state index is 12.2. The van der Waals surface area contributed by atoms with Gasteiger partial charge in [0.2, 0.25) is 5.91 Å². The van der Waals surface area contributed by atoms with Crippen molar-refractivity contribution in [1.29, 1.82) is 0 Å². The maximum Gasteiger partial charge on any atom is 0.228 e. The Morgan fingerprint density at radius 3 is 2.37 bits per heavy atom. The van der Waals surface area contributed by atoms with Crippen LogP contribution in [0.5, 0.6) is 0 Å². The maximum absolute atomic E-state index is 12.2. The SMILES string of the molecule is Cc1c(C=O)[nH]c(CC(=O)N2CCN(C)CC2)c1C. The first-order valence-electron chi connectivity index (χ1n) is 6.62. The summed E-state index contributed by atoms with van der Waals surface area (Å²) in [7, 11) is 2.07. The summed E-state index contributed by atoms with van der Waals surface area (Å²) in [5.41, 5.74) is 3.41. The molecule has 5 nitrogen and oxygen atoms in total. The number of rotatable bonds is 3. The Morgan fingerprint density at radius 2 is 1.84 bits per heavy atom. The van der Waals surface area contributed by atoms with E-state index in [1.807, 2.05) is 18.7 Å². The Morgan fingerprint density at radius 1 is 1.21 bits per heavy atom. The van der Waals surface area contributed by atoms with Crippen molar-refractivity contribution >= 4 is 12.2 Å². The lowest BCUT2D eigenvalue weighted by Crippen LogP contribution is -2.47. The highest BCUT2D eigenvalue weighted by molar-refractivity contribution is 5.81. The van der Waals surface area contributed by atoms with Gasteiger partial charge in [-0.3, -0.25) is 9.59 Å². The highest BCUT2D eigenvalue weighted by atomic mass is 16.2. The molecule has 1 amide bonds. The first-order valence-corrected chi connectivity index (χ1v) is 6.62. The number of aromatic amines is 1. The second-order valence-electron chi connectivity index (χ2n) is 5.25. The molecule has 1 aliphatic rings. The summed E-state index contributed by atoms with van der Waals surface area (Å²) in [6, 6.07) is 0. The van der Waals surface area contributed by atoms with Crippen molar-refractivity contribution in [3.8, 4) is 0 Å². The number of carbonyl (C=O) groups is 2. The standard InChI is InChI=1S/C14H21N3O2/c1-10-11(2)13(9-18)15-12(10)8-14(19)17-6-4-16(3)5-7-17/h9,15H,4-8H2,1-3H3. The fourth-order valence-electron chi connectivity index (χ4n) is 2.39. The van der Waals surface area contributed by atoms with Crippen LogP contribution in [0.3, 0.4) is 0 Å². The molecule has 1 saturated heterocycles. The van der Waals surface area contributed by atoms with Gasteiger partial charge >= 0.3 is 0 Å². The fraction of sp³-hybridized carbons (Fsp3) is 0.571. The van der Waals surface area contributed by atoms with Crippen LogP contribution in [0.2, 0.25) is 0 Å². The number of amides is 1. The van der Waals surface area contributed by atoms with Gasteiger partial charge in [0.25, 0.3) is 0 Å². The van der Waals surface area contributed by atoms with Crippen molar-refractivity contribution in [3.63, 3.8) is 0 Å². The number of H-pyrrole nitrogens is 1. The van der Waals surface area contributed by atoms with Crippen molar-refractivity contribution in [3.05, 3.63) is 22.5 Å². The first kappa shape index (κ1) is 13.8. The first-order chi connectivity index (χ1) is 9.02. The highest BCUT2D eigenvalue weighted by Crippen LogP contribution is 2.17. The van der Waals surface area contributed by atoms with Gasteiger partial charge in [0.15, 0.2) is 6.29 Å². The molecule has 0 aromatic carbocycles. The second-order valence-corrected chi connectivity index (χ2v) is 5.25. The Kier molecular flexibility index (Phi) is 4.04. The number of aromatic nitrogens is 1. The van der Waals surface area contributed by atoms with Gasteiger partial charge in [-0.05, 0) is 32.0 Å². The van der Waals surface area contributed by atoms with Crippen LogP contribution in [-0.2, 0) is 11.2 Å².